The molecule has 0 aromatic heterocycles. The zero-order valence-electron chi connectivity index (χ0n) is 13.7. The molecule has 2 aromatic carbocycles. The Morgan fingerprint density at radius 3 is 2.46 bits per heavy atom. The van der Waals surface area contributed by atoms with Crippen LogP contribution in [0.25, 0.3) is 0 Å². The lowest BCUT2D eigenvalue weighted by molar-refractivity contribution is -0.116. The smallest absolute Gasteiger partial charge is 0.225 e. The maximum absolute atomic E-state index is 12.2. The summed E-state index contributed by atoms with van der Waals surface area (Å²) in [5, 5.41) is 3.41. The predicted molar refractivity (Wildman–Crippen MR) is 100 cm³/mol. The Kier molecular flexibility index (Phi) is 7.75. The quantitative estimate of drug-likeness (QED) is 0.731. The molecule has 0 bridgehead atoms. The lowest BCUT2D eigenvalue weighted by Gasteiger charge is -2.22. The molecule has 0 aliphatic carbocycles. The third kappa shape index (κ3) is 6.32. The fourth-order valence-electron chi connectivity index (χ4n) is 2.46. The first-order valence-electron chi connectivity index (χ1n) is 8.20. The number of carbonyl (C=O) groups excluding carboxylic acids is 1. The number of benzene rings is 2. The van der Waals surface area contributed by atoms with Crippen LogP contribution in [-0.4, -0.2) is 30.4 Å². The van der Waals surface area contributed by atoms with Crippen LogP contribution in [0.2, 0.25) is 5.02 Å². The van der Waals surface area contributed by atoms with Gasteiger partial charge < -0.3 is 11.1 Å². The van der Waals surface area contributed by atoms with Crippen molar-refractivity contribution in [3.8, 4) is 0 Å². The molecule has 3 N–H and O–H groups in total. The lowest BCUT2D eigenvalue weighted by atomic mass is 10.2. The van der Waals surface area contributed by atoms with Crippen LogP contribution in [0.15, 0.2) is 54.6 Å². The van der Waals surface area contributed by atoms with E-state index >= 15 is 0 Å². The van der Waals surface area contributed by atoms with Gasteiger partial charge in [0.25, 0.3) is 0 Å². The summed E-state index contributed by atoms with van der Waals surface area (Å²) in [6, 6.07) is 17.5. The van der Waals surface area contributed by atoms with Crippen LogP contribution in [0.3, 0.4) is 0 Å². The van der Waals surface area contributed by atoms with E-state index in [1.165, 1.54) is 5.56 Å². The van der Waals surface area contributed by atoms with Gasteiger partial charge in [-0.15, -0.1) is 0 Å². The minimum absolute atomic E-state index is 0.0334. The fourth-order valence-corrected chi connectivity index (χ4v) is 2.64. The SMILES string of the molecule is NCCCN(CCC(=O)Nc1ccccc1Cl)Cc1ccccc1. The van der Waals surface area contributed by atoms with E-state index < -0.39 is 0 Å². The highest BCUT2D eigenvalue weighted by molar-refractivity contribution is 6.33. The molecule has 1 amide bonds. The highest BCUT2D eigenvalue weighted by atomic mass is 35.5. The Balaban J connectivity index is 1.87. The first kappa shape index (κ1) is 18.5. The Hall–Kier alpha value is -1.88. The molecule has 0 saturated heterocycles. The molecule has 0 spiro atoms. The van der Waals surface area contributed by atoms with Crippen LogP contribution >= 0.6 is 11.6 Å². The van der Waals surface area contributed by atoms with Gasteiger partial charge in [-0.05, 0) is 37.2 Å². The Labute approximate surface area is 148 Å². The molecule has 0 aliphatic heterocycles. The van der Waals surface area contributed by atoms with E-state index in [1.54, 1.807) is 12.1 Å². The molecule has 5 heteroatoms. The molecule has 0 fully saturated rings. The third-order valence-electron chi connectivity index (χ3n) is 3.73. The second-order valence-corrected chi connectivity index (χ2v) is 6.09. The molecule has 0 saturated carbocycles. The number of rotatable bonds is 9. The summed E-state index contributed by atoms with van der Waals surface area (Å²) in [5.74, 6) is -0.0334. The number of anilines is 1. The number of para-hydroxylation sites is 1. The molecule has 0 unspecified atom stereocenters. The summed E-state index contributed by atoms with van der Waals surface area (Å²) < 4.78 is 0. The van der Waals surface area contributed by atoms with Gasteiger partial charge in [0, 0.05) is 19.5 Å². The molecule has 128 valence electrons. The number of halogens is 1. The average molecular weight is 346 g/mol. The van der Waals surface area contributed by atoms with Crippen LogP contribution in [0.4, 0.5) is 5.69 Å². The van der Waals surface area contributed by atoms with Gasteiger partial charge in [0.05, 0.1) is 10.7 Å². The van der Waals surface area contributed by atoms with E-state index in [9.17, 15) is 4.79 Å². The summed E-state index contributed by atoms with van der Waals surface area (Å²) in [4.78, 5) is 14.4. The second-order valence-electron chi connectivity index (χ2n) is 5.68. The van der Waals surface area contributed by atoms with Crippen molar-refractivity contribution in [2.24, 2.45) is 5.73 Å². The summed E-state index contributed by atoms with van der Waals surface area (Å²) in [6.07, 6.45) is 1.33. The first-order valence-corrected chi connectivity index (χ1v) is 8.57. The molecule has 2 aromatic rings. The minimum Gasteiger partial charge on any atom is -0.330 e. The number of hydrogen-bond acceptors (Lipinski definition) is 3. The van der Waals surface area contributed by atoms with Gasteiger partial charge in [-0.2, -0.15) is 0 Å². The zero-order chi connectivity index (χ0) is 17.2. The number of nitrogens with zero attached hydrogens (tertiary/aromatic N) is 1. The van der Waals surface area contributed by atoms with E-state index in [1.807, 2.05) is 30.3 Å². The molecule has 0 aliphatic rings. The molecule has 0 heterocycles. The van der Waals surface area contributed by atoms with Gasteiger partial charge in [-0.1, -0.05) is 54.1 Å². The number of nitrogens with two attached hydrogens (primary N) is 1. The number of amides is 1. The maximum Gasteiger partial charge on any atom is 0.225 e. The molecular formula is C19H24ClN3O. The van der Waals surface area contributed by atoms with Crippen LogP contribution < -0.4 is 11.1 Å². The van der Waals surface area contributed by atoms with Crippen molar-refractivity contribution in [3.05, 3.63) is 65.2 Å². The number of carbonyl (C=O) groups is 1. The third-order valence-corrected chi connectivity index (χ3v) is 4.06. The van der Waals surface area contributed by atoms with Crippen molar-refractivity contribution in [1.29, 1.82) is 0 Å². The van der Waals surface area contributed by atoms with E-state index in [2.05, 4.69) is 22.3 Å². The van der Waals surface area contributed by atoms with Crippen LogP contribution in [0, 0.1) is 0 Å². The molecule has 0 atom stereocenters. The van der Waals surface area contributed by atoms with E-state index in [0.29, 0.717) is 30.2 Å². The highest BCUT2D eigenvalue weighted by Crippen LogP contribution is 2.20. The summed E-state index contributed by atoms with van der Waals surface area (Å²) in [6.45, 7) is 3.03. The van der Waals surface area contributed by atoms with Gasteiger partial charge in [0.1, 0.15) is 0 Å². The van der Waals surface area contributed by atoms with Crippen molar-refractivity contribution >= 4 is 23.2 Å². The monoisotopic (exact) mass is 345 g/mol. The molecule has 2 rings (SSSR count). The average Bonchev–Trinajstić information content (AvgIpc) is 2.60. The van der Waals surface area contributed by atoms with E-state index in [-0.39, 0.29) is 5.91 Å². The summed E-state index contributed by atoms with van der Waals surface area (Å²) in [5.41, 5.74) is 7.51. The number of nitrogens with one attached hydrogen (secondary N) is 1. The normalized spacial score (nSPS) is 10.8. The summed E-state index contributed by atoms with van der Waals surface area (Å²) >= 11 is 6.07. The minimum atomic E-state index is -0.0334. The Bertz CT molecular complexity index is 634. The largest absolute Gasteiger partial charge is 0.330 e. The van der Waals surface area contributed by atoms with E-state index in [4.69, 9.17) is 17.3 Å². The van der Waals surface area contributed by atoms with Gasteiger partial charge in [-0.3, -0.25) is 9.69 Å². The first-order chi connectivity index (χ1) is 11.7. The van der Waals surface area contributed by atoms with Gasteiger partial charge in [0.15, 0.2) is 0 Å². The Morgan fingerprint density at radius 1 is 1.04 bits per heavy atom. The lowest BCUT2D eigenvalue weighted by Crippen LogP contribution is -2.29. The van der Waals surface area contributed by atoms with Gasteiger partial charge >= 0.3 is 0 Å². The molecule has 0 radical (unpaired) electrons. The zero-order valence-corrected chi connectivity index (χ0v) is 14.5. The molecule has 24 heavy (non-hydrogen) atoms. The molecule has 4 nitrogen and oxygen atoms in total. The van der Waals surface area contributed by atoms with Crippen molar-refractivity contribution < 1.29 is 4.79 Å². The second kappa shape index (κ2) is 10.1. The van der Waals surface area contributed by atoms with Crippen molar-refractivity contribution in [3.63, 3.8) is 0 Å². The van der Waals surface area contributed by atoms with E-state index in [0.717, 1.165) is 19.5 Å². The standard InChI is InChI=1S/C19H24ClN3O/c20-17-9-4-5-10-18(17)22-19(24)11-14-23(13-6-12-21)15-16-7-2-1-3-8-16/h1-5,7-10H,6,11-15,21H2,(H,22,24). The molecular weight excluding hydrogens is 322 g/mol. The van der Waals surface area contributed by atoms with Crippen molar-refractivity contribution in [2.75, 3.05) is 25.0 Å². The van der Waals surface area contributed by atoms with Gasteiger partial charge in [-0.25, -0.2) is 0 Å². The van der Waals surface area contributed by atoms with Crippen LogP contribution in [0.1, 0.15) is 18.4 Å². The fraction of sp³-hybridized carbons (Fsp3) is 0.316. The van der Waals surface area contributed by atoms with Crippen molar-refractivity contribution in [2.45, 2.75) is 19.4 Å². The van der Waals surface area contributed by atoms with Crippen LogP contribution in [-0.2, 0) is 11.3 Å². The predicted octanol–water partition coefficient (Wildman–Crippen LogP) is 3.52. The summed E-state index contributed by atoms with van der Waals surface area (Å²) in [7, 11) is 0. The maximum atomic E-state index is 12.2. The van der Waals surface area contributed by atoms with Crippen LogP contribution in [0.5, 0.6) is 0 Å². The van der Waals surface area contributed by atoms with Gasteiger partial charge in [0.2, 0.25) is 5.91 Å². The Morgan fingerprint density at radius 2 is 1.75 bits per heavy atom. The number of hydrogen-bond donors (Lipinski definition) is 2. The highest BCUT2D eigenvalue weighted by Gasteiger charge is 2.10. The van der Waals surface area contributed by atoms with Crippen molar-refractivity contribution in [1.82, 2.24) is 4.90 Å². The topological polar surface area (TPSA) is 58.4 Å².